The summed E-state index contributed by atoms with van der Waals surface area (Å²) in [6.45, 7) is 0.448. The number of rotatable bonds is 9. The zero-order chi connectivity index (χ0) is 21.4. The van der Waals surface area contributed by atoms with Gasteiger partial charge < -0.3 is 19.9 Å². The van der Waals surface area contributed by atoms with E-state index in [2.05, 4.69) is 26.6 Å². The van der Waals surface area contributed by atoms with E-state index >= 15 is 0 Å². The third-order valence-electron chi connectivity index (χ3n) is 4.13. The van der Waals surface area contributed by atoms with Gasteiger partial charge in [0.2, 0.25) is 0 Å². The molecule has 0 saturated heterocycles. The molecule has 1 aromatic heterocycles. The molecule has 1 heterocycles. The summed E-state index contributed by atoms with van der Waals surface area (Å²) in [5.74, 6) is 0.630. The van der Waals surface area contributed by atoms with Gasteiger partial charge in [-0.1, -0.05) is 22.0 Å². The maximum atomic E-state index is 12.3. The number of nitrogens with zero attached hydrogens (tertiary/aromatic N) is 1. The normalized spacial score (nSPS) is 11.1. The average Bonchev–Trinajstić information content (AvgIpc) is 2.66. The average molecular weight is 486 g/mol. The summed E-state index contributed by atoms with van der Waals surface area (Å²) in [5.41, 5.74) is 0.675. The van der Waals surface area contributed by atoms with Gasteiger partial charge in [-0.25, -0.2) is 13.2 Å². The second-order valence-electron chi connectivity index (χ2n) is 6.49. The Kier molecular flexibility index (Phi) is 8.27. The van der Waals surface area contributed by atoms with Gasteiger partial charge in [-0.2, -0.15) is 0 Å². The molecule has 2 rings (SSSR count). The van der Waals surface area contributed by atoms with E-state index in [0.29, 0.717) is 13.0 Å². The number of ether oxygens (including phenoxy) is 1. The van der Waals surface area contributed by atoms with Gasteiger partial charge in [0.05, 0.1) is 12.9 Å². The van der Waals surface area contributed by atoms with Gasteiger partial charge in [-0.3, -0.25) is 4.79 Å². The summed E-state index contributed by atoms with van der Waals surface area (Å²) in [5, 5.41) is 5.22. The molecule has 2 aromatic rings. The number of anilines is 1. The number of hydrogen-bond acceptors (Lipinski definition) is 5. The molecule has 0 unspecified atom stereocenters. The molecule has 0 fully saturated rings. The minimum Gasteiger partial charge on any atom is -0.496 e. The molecule has 2 N–H and O–H groups in total. The molecular formula is C19H24BrN3O5S. The highest BCUT2D eigenvalue weighted by atomic mass is 79.9. The quantitative estimate of drug-likeness (QED) is 0.530. The largest absolute Gasteiger partial charge is 0.496 e. The van der Waals surface area contributed by atoms with Gasteiger partial charge in [0, 0.05) is 30.0 Å². The molecule has 0 aliphatic carbocycles. The molecule has 0 atom stereocenters. The minimum absolute atomic E-state index is 0.0316. The highest BCUT2D eigenvalue weighted by Gasteiger charge is 2.10. The van der Waals surface area contributed by atoms with Crippen LogP contribution in [-0.4, -0.2) is 44.7 Å². The third kappa shape index (κ3) is 7.54. The van der Waals surface area contributed by atoms with Gasteiger partial charge in [-0.05, 0) is 42.7 Å². The van der Waals surface area contributed by atoms with Crippen LogP contribution in [0.25, 0.3) is 0 Å². The fraction of sp³-hybridized carbons (Fsp3) is 0.368. The summed E-state index contributed by atoms with van der Waals surface area (Å²) >= 11 is 3.40. The number of halogens is 1. The lowest BCUT2D eigenvalue weighted by molar-refractivity contribution is 0.252. The zero-order valence-electron chi connectivity index (χ0n) is 16.3. The number of aromatic nitrogens is 1. The van der Waals surface area contributed by atoms with Crippen molar-refractivity contribution in [3.8, 4) is 5.75 Å². The van der Waals surface area contributed by atoms with Gasteiger partial charge in [0.15, 0.2) is 0 Å². The first-order valence-corrected chi connectivity index (χ1v) is 11.8. The fourth-order valence-corrected chi connectivity index (χ4v) is 3.51. The molecule has 10 heteroatoms. The summed E-state index contributed by atoms with van der Waals surface area (Å²) in [6.07, 6.45) is 4.01. The van der Waals surface area contributed by atoms with Crippen molar-refractivity contribution in [2.45, 2.75) is 19.4 Å². The maximum Gasteiger partial charge on any atom is 0.319 e. The van der Waals surface area contributed by atoms with Crippen LogP contribution in [0.1, 0.15) is 12.0 Å². The van der Waals surface area contributed by atoms with Crippen LogP contribution in [0.5, 0.6) is 5.75 Å². The van der Waals surface area contributed by atoms with Crippen LogP contribution in [0.4, 0.5) is 10.5 Å². The Labute approximate surface area is 178 Å². The first-order valence-electron chi connectivity index (χ1n) is 8.94. The molecule has 8 nitrogen and oxygen atoms in total. The Morgan fingerprint density at radius 1 is 1.28 bits per heavy atom. The number of sulfone groups is 1. The van der Waals surface area contributed by atoms with Crippen LogP contribution in [0.2, 0.25) is 0 Å². The number of amides is 2. The molecule has 0 aliphatic rings. The van der Waals surface area contributed by atoms with E-state index in [9.17, 15) is 18.0 Å². The van der Waals surface area contributed by atoms with Crippen molar-refractivity contribution >= 4 is 37.5 Å². The van der Waals surface area contributed by atoms with Crippen LogP contribution < -0.4 is 20.9 Å². The first kappa shape index (κ1) is 23.0. The molecule has 29 heavy (non-hydrogen) atoms. The Balaban J connectivity index is 1.86. The van der Waals surface area contributed by atoms with Crippen LogP contribution in [-0.2, 0) is 22.8 Å². The van der Waals surface area contributed by atoms with E-state index in [1.54, 1.807) is 13.2 Å². The van der Waals surface area contributed by atoms with E-state index in [0.717, 1.165) is 28.5 Å². The monoisotopic (exact) mass is 485 g/mol. The lowest BCUT2D eigenvalue weighted by Gasteiger charge is -2.11. The van der Waals surface area contributed by atoms with Crippen molar-refractivity contribution in [1.29, 1.82) is 0 Å². The molecule has 0 radical (unpaired) electrons. The van der Waals surface area contributed by atoms with E-state index in [1.807, 2.05) is 18.2 Å². The summed E-state index contributed by atoms with van der Waals surface area (Å²) in [6, 6.07) is 8.35. The van der Waals surface area contributed by atoms with Crippen molar-refractivity contribution < 1.29 is 17.9 Å². The van der Waals surface area contributed by atoms with Gasteiger partial charge >= 0.3 is 6.03 Å². The van der Waals surface area contributed by atoms with Crippen LogP contribution in [0, 0.1) is 0 Å². The topological polar surface area (TPSA) is 106 Å². The Hall–Kier alpha value is -2.33. The molecule has 1 aromatic carbocycles. The standard InChI is InChI=1S/C19H24BrN3O5S/c1-28-17-13-15(20)8-7-14(17)5-3-9-21-19(25)22-16-6-4-10-23(18(16)24)11-12-29(2,26)27/h4,6-8,10,13H,3,5,9,11-12H2,1-2H3,(H2,21,22,25). The minimum atomic E-state index is -3.19. The first-order chi connectivity index (χ1) is 13.7. The van der Waals surface area contributed by atoms with Gasteiger partial charge in [0.1, 0.15) is 21.3 Å². The second kappa shape index (κ2) is 10.4. The molecule has 0 saturated carbocycles. The van der Waals surface area contributed by atoms with Crippen molar-refractivity contribution in [2.24, 2.45) is 0 Å². The van der Waals surface area contributed by atoms with Gasteiger partial charge in [0.25, 0.3) is 5.56 Å². The zero-order valence-corrected chi connectivity index (χ0v) is 18.7. The number of pyridine rings is 1. The van der Waals surface area contributed by atoms with Crippen molar-refractivity contribution in [3.05, 3.63) is 56.9 Å². The summed E-state index contributed by atoms with van der Waals surface area (Å²) in [4.78, 5) is 24.4. The van der Waals surface area contributed by atoms with Crippen molar-refractivity contribution in [3.63, 3.8) is 0 Å². The summed E-state index contributed by atoms with van der Waals surface area (Å²) in [7, 11) is -1.58. The van der Waals surface area contributed by atoms with Crippen LogP contribution >= 0.6 is 15.9 Å². The predicted octanol–water partition coefficient (Wildman–Crippen LogP) is 2.42. The van der Waals surface area contributed by atoms with E-state index in [-0.39, 0.29) is 18.0 Å². The number of methoxy groups -OCH3 is 1. The van der Waals surface area contributed by atoms with Crippen LogP contribution in [0.3, 0.4) is 0 Å². The third-order valence-corrected chi connectivity index (χ3v) is 5.55. The Bertz CT molecular complexity index is 1020. The Morgan fingerprint density at radius 2 is 2.03 bits per heavy atom. The molecule has 2 amide bonds. The van der Waals surface area contributed by atoms with E-state index < -0.39 is 21.4 Å². The number of aryl methyl sites for hydroxylation is 2. The van der Waals surface area contributed by atoms with Gasteiger partial charge in [-0.15, -0.1) is 0 Å². The number of benzene rings is 1. The second-order valence-corrected chi connectivity index (χ2v) is 9.67. The molecule has 0 aliphatic heterocycles. The Morgan fingerprint density at radius 3 is 2.72 bits per heavy atom. The smallest absolute Gasteiger partial charge is 0.319 e. The number of hydrogen-bond donors (Lipinski definition) is 2. The van der Waals surface area contributed by atoms with Crippen LogP contribution in [0.15, 0.2) is 45.8 Å². The lowest BCUT2D eigenvalue weighted by Crippen LogP contribution is -2.33. The number of carbonyl (C=O) groups excluding carboxylic acids is 1. The highest BCUT2D eigenvalue weighted by Crippen LogP contribution is 2.24. The number of nitrogens with one attached hydrogen (secondary N) is 2. The van der Waals surface area contributed by atoms with E-state index in [4.69, 9.17) is 4.74 Å². The van der Waals surface area contributed by atoms with Crippen molar-refractivity contribution in [2.75, 3.05) is 31.0 Å². The molecule has 0 spiro atoms. The fourth-order valence-electron chi connectivity index (χ4n) is 2.64. The predicted molar refractivity (Wildman–Crippen MR) is 116 cm³/mol. The lowest BCUT2D eigenvalue weighted by atomic mass is 10.1. The number of urea groups is 1. The molecular weight excluding hydrogens is 462 g/mol. The SMILES string of the molecule is COc1cc(Br)ccc1CCCNC(=O)Nc1cccn(CCS(C)(=O)=O)c1=O. The maximum absolute atomic E-state index is 12.3. The van der Waals surface area contributed by atoms with E-state index in [1.165, 1.54) is 16.8 Å². The highest BCUT2D eigenvalue weighted by molar-refractivity contribution is 9.10. The van der Waals surface area contributed by atoms with Crippen molar-refractivity contribution in [1.82, 2.24) is 9.88 Å². The molecule has 158 valence electrons. The summed E-state index contributed by atoms with van der Waals surface area (Å²) < 4.78 is 30.1. The molecule has 0 bridgehead atoms. The number of carbonyl (C=O) groups is 1.